The highest BCUT2D eigenvalue weighted by Gasteiger charge is 2.62. The topological polar surface area (TPSA) is 57.7 Å². The molecule has 2 aliphatic carbocycles. The highest BCUT2D eigenvalue weighted by molar-refractivity contribution is 9.10. The van der Waals surface area contributed by atoms with Crippen molar-refractivity contribution in [3.63, 3.8) is 0 Å². The van der Waals surface area contributed by atoms with E-state index in [1.165, 1.54) is 5.01 Å². The van der Waals surface area contributed by atoms with Crippen molar-refractivity contribution in [1.29, 1.82) is 0 Å². The van der Waals surface area contributed by atoms with Crippen LogP contribution in [0.25, 0.3) is 0 Å². The van der Waals surface area contributed by atoms with Gasteiger partial charge in [0.2, 0.25) is 0 Å². The van der Waals surface area contributed by atoms with Crippen molar-refractivity contribution in [3.8, 4) is 0 Å². The van der Waals surface area contributed by atoms with Gasteiger partial charge in [-0.05, 0) is 73.1 Å². The van der Waals surface area contributed by atoms with Gasteiger partial charge in [0.1, 0.15) is 0 Å². The third kappa shape index (κ3) is 3.17. The zero-order valence-corrected chi connectivity index (χ0v) is 18.5. The van der Waals surface area contributed by atoms with E-state index in [4.69, 9.17) is 11.6 Å². The highest BCUT2D eigenvalue weighted by Crippen LogP contribution is 2.56. The third-order valence-electron chi connectivity index (χ3n) is 6.72. The number of hydrogen-bond acceptors (Lipinski definition) is 3. The average Bonchev–Trinajstić information content (AvgIpc) is 3.42. The van der Waals surface area contributed by atoms with Gasteiger partial charge in [-0.2, -0.15) is 5.01 Å². The maximum absolute atomic E-state index is 13.4. The van der Waals surface area contributed by atoms with Gasteiger partial charge in [0.05, 0.1) is 18.4 Å². The first-order chi connectivity index (χ1) is 14.4. The molecule has 2 saturated carbocycles. The molecule has 1 heterocycles. The fraction of sp³-hybridized carbons (Fsp3) is 0.348. The van der Waals surface area contributed by atoms with E-state index in [9.17, 15) is 14.4 Å². The summed E-state index contributed by atoms with van der Waals surface area (Å²) < 4.78 is 0.918. The molecular weight excluding hydrogens is 468 g/mol. The van der Waals surface area contributed by atoms with Crippen molar-refractivity contribution >= 4 is 45.3 Å². The van der Waals surface area contributed by atoms with E-state index in [0.29, 0.717) is 10.6 Å². The molecule has 2 bridgehead atoms. The minimum Gasteiger partial charge on any atom is -0.272 e. The lowest BCUT2D eigenvalue weighted by Gasteiger charge is -2.31. The second-order valence-electron chi connectivity index (χ2n) is 8.37. The summed E-state index contributed by atoms with van der Waals surface area (Å²) in [7, 11) is 0. The van der Waals surface area contributed by atoms with Crippen molar-refractivity contribution in [3.05, 3.63) is 69.2 Å². The van der Waals surface area contributed by atoms with Gasteiger partial charge in [-0.1, -0.05) is 39.7 Å². The van der Waals surface area contributed by atoms with Crippen LogP contribution in [0.15, 0.2) is 53.0 Å². The van der Waals surface area contributed by atoms with Crippen LogP contribution in [-0.2, 0) is 16.1 Å². The number of imide groups is 1. The number of carbonyl (C=O) groups is 3. The lowest BCUT2D eigenvalue weighted by molar-refractivity contribution is -0.156. The molecular formula is C23H20BrClN2O3. The molecule has 7 heteroatoms. The molecule has 1 aliphatic heterocycles. The maximum Gasteiger partial charge on any atom is 0.273 e. The summed E-state index contributed by atoms with van der Waals surface area (Å²) >= 11 is 9.38. The van der Waals surface area contributed by atoms with Crippen molar-refractivity contribution in [2.75, 3.05) is 0 Å². The van der Waals surface area contributed by atoms with E-state index in [1.807, 2.05) is 24.3 Å². The lowest BCUT2D eigenvalue weighted by Crippen LogP contribution is -2.50. The minimum absolute atomic E-state index is 0.140. The average molecular weight is 488 g/mol. The summed E-state index contributed by atoms with van der Waals surface area (Å²) in [6, 6.07) is 14.0. The summed E-state index contributed by atoms with van der Waals surface area (Å²) in [5.41, 5.74) is 1.22. The predicted octanol–water partition coefficient (Wildman–Crippen LogP) is 4.69. The molecule has 2 aromatic carbocycles. The van der Waals surface area contributed by atoms with Gasteiger partial charge in [-0.3, -0.25) is 14.4 Å². The number of amides is 3. The molecule has 1 saturated heterocycles. The number of hydrogen-bond donors (Lipinski definition) is 0. The smallest absolute Gasteiger partial charge is 0.272 e. The molecule has 5 nitrogen and oxygen atoms in total. The first-order valence-electron chi connectivity index (χ1n) is 10.1. The standard InChI is InChI=1S/C23H20BrClN2O3/c24-17-7-1-13(2-8-17)12-26(21(28)14-5-9-18(25)10-6-14)27-22(29)19-15-3-4-16(11-15)20(19)23(27)30/h1-2,5-10,15-16,19-20H,3-4,11-12H2/t15-,16-,19-,20+/m0/s1. The lowest BCUT2D eigenvalue weighted by atomic mass is 9.81. The van der Waals surface area contributed by atoms with Crippen LogP contribution in [0.5, 0.6) is 0 Å². The van der Waals surface area contributed by atoms with Crippen LogP contribution in [0, 0.1) is 23.7 Å². The minimum atomic E-state index is -0.386. The normalized spacial score (nSPS) is 26.9. The summed E-state index contributed by atoms with van der Waals surface area (Å²) in [6.07, 6.45) is 2.95. The SMILES string of the molecule is O=C(c1ccc(Cl)cc1)N(Cc1ccc(Br)cc1)N1C(=O)[C@@H]2[C@H]3CC[C@@H](C3)[C@@H]2C1=O. The highest BCUT2D eigenvalue weighted by atomic mass is 79.9. The second kappa shape index (κ2) is 7.50. The molecule has 0 N–H and O–H groups in total. The Hall–Kier alpha value is -2.18. The Morgan fingerprint density at radius 1 is 0.967 bits per heavy atom. The largest absolute Gasteiger partial charge is 0.273 e. The molecule has 0 unspecified atom stereocenters. The number of rotatable bonds is 4. The molecule has 0 spiro atoms. The molecule has 2 aromatic rings. The molecule has 3 fully saturated rings. The van der Waals surface area contributed by atoms with Gasteiger partial charge < -0.3 is 0 Å². The zero-order chi connectivity index (χ0) is 21.0. The quantitative estimate of drug-likeness (QED) is 0.588. The van der Waals surface area contributed by atoms with Crippen LogP contribution in [0.2, 0.25) is 5.02 Å². The molecule has 0 aromatic heterocycles. The van der Waals surface area contributed by atoms with E-state index < -0.39 is 0 Å². The molecule has 4 atom stereocenters. The van der Waals surface area contributed by atoms with Crippen LogP contribution >= 0.6 is 27.5 Å². The van der Waals surface area contributed by atoms with E-state index in [-0.39, 0.29) is 47.9 Å². The monoisotopic (exact) mass is 486 g/mol. The number of halogens is 2. The molecule has 0 radical (unpaired) electrons. The van der Waals surface area contributed by atoms with Gasteiger partial charge in [-0.25, -0.2) is 5.01 Å². The van der Waals surface area contributed by atoms with Gasteiger partial charge in [0, 0.05) is 15.1 Å². The Kier molecular flexibility index (Phi) is 4.94. The second-order valence-corrected chi connectivity index (χ2v) is 9.72. The Labute approximate surface area is 188 Å². The van der Waals surface area contributed by atoms with Crippen LogP contribution in [0.4, 0.5) is 0 Å². The van der Waals surface area contributed by atoms with Crippen LogP contribution in [-0.4, -0.2) is 27.7 Å². The fourth-order valence-corrected chi connectivity index (χ4v) is 5.76. The van der Waals surface area contributed by atoms with Crippen LogP contribution in [0.1, 0.15) is 35.2 Å². The first-order valence-corrected chi connectivity index (χ1v) is 11.3. The fourth-order valence-electron chi connectivity index (χ4n) is 5.37. The Balaban J connectivity index is 1.51. The Morgan fingerprint density at radius 2 is 1.53 bits per heavy atom. The van der Waals surface area contributed by atoms with E-state index >= 15 is 0 Å². The van der Waals surface area contributed by atoms with Crippen LogP contribution < -0.4 is 0 Å². The van der Waals surface area contributed by atoms with Gasteiger partial charge in [0.25, 0.3) is 17.7 Å². The van der Waals surface area contributed by atoms with Gasteiger partial charge >= 0.3 is 0 Å². The number of carbonyl (C=O) groups excluding carboxylic acids is 3. The zero-order valence-electron chi connectivity index (χ0n) is 16.1. The number of benzene rings is 2. The molecule has 154 valence electrons. The Bertz CT molecular complexity index is 996. The van der Waals surface area contributed by atoms with Crippen molar-refractivity contribution in [2.45, 2.75) is 25.8 Å². The molecule has 3 aliphatic rings. The van der Waals surface area contributed by atoms with Gasteiger partial charge in [-0.15, -0.1) is 0 Å². The molecule has 30 heavy (non-hydrogen) atoms. The van der Waals surface area contributed by atoms with E-state index in [1.54, 1.807) is 24.3 Å². The van der Waals surface area contributed by atoms with Crippen molar-refractivity contribution in [2.24, 2.45) is 23.7 Å². The summed E-state index contributed by atoms with van der Waals surface area (Å²) in [5, 5.41) is 2.97. The van der Waals surface area contributed by atoms with E-state index in [0.717, 1.165) is 34.3 Å². The molecule has 5 rings (SSSR count). The van der Waals surface area contributed by atoms with Crippen LogP contribution in [0.3, 0.4) is 0 Å². The van der Waals surface area contributed by atoms with Crippen molar-refractivity contribution in [1.82, 2.24) is 10.0 Å². The first kappa shape index (κ1) is 19.8. The summed E-state index contributed by atoms with van der Waals surface area (Å²) in [5.74, 6) is -0.858. The van der Waals surface area contributed by atoms with Crippen molar-refractivity contribution < 1.29 is 14.4 Å². The Morgan fingerprint density at radius 3 is 2.10 bits per heavy atom. The van der Waals surface area contributed by atoms with Gasteiger partial charge in [0.15, 0.2) is 0 Å². The summed E-state index contributed by atoms with van der Waals surface area (Å²) in [4.78, 5) is 40.1. The number of nitrogens with zero attached hydrogens (tertiary/aromatic N) is 2. The predicted molar refractivity (Wildman–Crippen MR) is 115 cm³/mol. The third-order valence-corrected chi connectivity index (χ3v) is 7.50. The number of fused-ring (bicyclic) bond motifs is 5. The maximum atomic E-state index is 13.4. The van der Waals surface area contributed by atoms with E-state index in [2.05, 4.69) is 15.9 Å². The summed E-state index contributed by atoms with van der Waals surface area (Å²) in [6.45, 7) is 0.140. The number of hydrazine groups is 1. The molecule has 3 amide bonds.